The van der Waals surface area contributed by atoms with Gasteiger partial charge in [-0.2, -0.15) is 0 Å². The first-order chi connectivity index (χ1) is 13.6. The molecule has 2 amide bonds. The molecule has 0 unspecified atom stereocenters. The number of benzene rings is 1. The molecular weight excluding hydrogens is 372 g/mol. The predicted molar refractivity (Wildman–Crippen MR) is 111 cm³/mol. The number of rotatable bonds is 6. The molecule has 0 aromatic heterocycles. The Kier molecular flexibility index (Phi) is 7.52. The molecule has 0 spiro atoms. The Morgan fingerprint density at radius 1 is 1.24 bits per heavy atom. The van der Waals surface area contributed by atoms with Crippen LogP contribution in [0.15, 0.2) is 18.2 Å². The van der Waals surface area contributed by atoms with Gasteiger partial charge in [-0.15, -0.1) is 0 Å². The highest BCUT2D eigenvalue weighted by Crippen LogP contribution is 2.40. The number of carbonyl (C=O) groups is 2. The number of hydrogen-bond donors (Lipinski definition) is 1. The summed E-state index contributed by atoms with van der Waals surface area (Å²) in [6.45, 7) is 9.08. The Bertz CT molecular complexity index is 720. The fourth-order valence-corrected chi connectivity index (χ4v) is 3.48. The molecule has 0 atom stereocenters. The van der Waals surface area contributed by atoms with E-state index in [2.05, 4.69) is 11.4 Å². The van der Waals surface area contributed by atoms with E-state index in [9.17, 15) is 9.59 Å². The first-order valence-corrected chi connectivity index (χ1v) is 10.00. The van der Waals surface area contributed by atoms with Crippen molar-refractivity contribution in [2.75, 3.05) is 40.5 Å². The van der Waals surface area contributed by atoms with Crippen LogP contribution in [-0.2, 0) is 19.7 Å². The van der Waals surface area contributed by atoms with Crippen molar-refractivity contribution >= 4 is 12.0 Å². The first kappa shape index (κ1) is 23.0. The molecule has 162 valence electrons. The molecule has 1 aliphatic rings. The van der Waals surface area contributed by atoms with E-state index in [0.29, 0.717) is 19.8 Å². The van der Waals surface area contributed by atoms with Crippen molar-refractivity contribution in [3.05, 3.63) is 29.3 Å². The van der Waals surface area contributed by atoms with Crippen molar-refractivity contribution in [3.63, 3.8) is 0 Å². The van der Waals surface area contributed by atoms with Crippen molar-refractivity contribution in [2.24, 2.45) is 0 Å². The molecule has 1 heterocycles. The van der Waals surface area contributed by atoms with Gasteiger partial charge in [-0.3, -0.25) is 4.79 Å². The molecule has 0 aliphatic carbocycles. The van der Waals surface area contributed by atoms with Gasteiger partial charge in [0.1, 0.15) is 17.9 Å². The molecule has 0 saturated carbocycles. The second kappa shape index (κ2) is 9.48. The van der Waals surface area contributed by atoms with E-state index in [1.165, 1.54) is 4.90 Å². The van der Waals surface area contributed by atoms with Crippen LogP contribution in [0.5, 0.6) is 5.75 Å². The van der Waals surface area contributed by atoms with Gasteiger partial charge >= 0.3 is 6.09 Å². The molecule has 1 aromatic rings. The molecule has 0 bridgehead atoms. The van der Waals surface area contributed by atoms with Crippen LogP contribution in [0.3, 0.4) is 0 Å². The van der Waals surface area contributed by atoms with Crippen LogP contribution in [-0.4, -0.2) is 63.0 Å². The molecule has 7 nitrogen and oxygen atoms in total. The fraction of sp³-hybridized carbons (Fsp3) is 0.636. The van der Waals surface area contributed by atoms with Crippen molar-refractivity contribution < 1.29 is 23.8 Å². The summed E-state index contributed by atoms with van der Waals surface area (Å²) in [5.74, 6) is 0.591. The second-order valence-corrected chi connectivity index (χ2v) is 8.71. The molecular formula is C22H34N2O5. The highest BCUT2D eigenvalue weighted by Gasteiger charge is 2.37. The minimum Gasteiger partial charge on any atom is -0.496 e. The van der Waals surface area contributed by atoms with Gasteiger partial charge < -0.3 is 24.4 Å². The largest absolute Gasteiger partial charge is 0.496 e. The summed E-state index contributed by atoms with van der Waals surface area (Å²) in [6.07, 6.45) is 1.05. The first-order valence-electron chi connectivity index (χ1n) is 10.00. The molecule has 1 saturated heterocycles. The maximum absolute atomic E-state index is 12.5. The number of aryl methyl sites for hydroxylation is 1. The lowest BCUT2D eigenvalue weighted by molar-refractivity contribution is -0.122. The van der Waals surface area contributed by atoms with Gasteiger partial charge in [0, 0.05) is 37.8 Å². The number of ether oxygens (including phenoxy) is 3. The van der Waals surface area contributed by atoms with Crippen LogP contribution in [0.25, 0.3) is 0 Å². The van der Waals surface area contributed by atoms with E-state index in [1.54, 1.807) is 34.9 Å². The van der Waals surface area contributed by atoms with E-state index in [0.717, 1.165) is 29.7 Å². The molecule has 29 heavy (non-hydrogen) atoms. The summed E-state index contributed by atoms with van der Waals surface area (Å²) < 4.78 is 16.5. The smallest absolute Gasteiger partial charge is 0.410 e. The van der Waals surface area contributed by atoms with E-state index in [4.69, 9.17) is 14.2 Å². The number of likely N-dealkylation sites (N-methyl/N-ethyl adjacent to an activating group) is 1. The highest BCUT2D eigenvalue weighted by molar-refractivity contribution is 5.82. The van der Waals surface area contributed by atoms with Crippen molar-refractivity contribution in [1.29, 1.82) is 0 Å². The quantitative estimate of drug-likeness (QED) is 0.786. The maximum atomic E-state index is 12.5. The number of methoxy groups -OCH3 is 1. The molecule has 1 aromatic carbocycles. The number of carbonyl (C=O) groups excluding carboxylic acids is 2. The maximum Gasteiger partial charge on any atom is 0.410 e. The number of nitrogens with one attached hydrogen (secondary N) is 1. The molecule has 1 fully saturated rings. The van der Waals surface area contributed by atoms with Crippen LogP contribution >= 0.6 is 0 Å². The minimum absolute atomic E-state index is 0.0630. The van der Waals surface area contributed by atoms with Crippen LogP contribution in [0, 0.1) is 6.92 Å². The van der Waals surface area contributed by atoms with Crippen LogP contribution in [0.4, 0.5) is 4.79 Å². The zero-order valence-corrected chi connectivity index (χ0v) is 18.5. The van der Waals surface area contributed by atoms with Crippen molar-refractivity contribution in [1.82, 2.24) is 10.2 Å². The highest BCUT2D eigenvalue weighted by atomic mass is 16.6. The molecule has 1 aliphatic heterocycles. The Morgan fingerprint density at radius 3 is 2.48 bits per heavy atom. The third-order valence-electron chi connectivity index (χ3n) is 5.09. The van der Waals surface area contributed by atoms with Gasteiger partial charge in [0.05, 0.1) is 7.11 Å². The lowest BCUT2D eigenvalue weighted by Gasteiger charge is -2.39. The molecule has 0 radical (unpaired) electrons. The Morgan fingerprint density at radius 2 is 1.90 bits per heavy atom. The summed E-state index contributed by atoms with van der Waals surface area (Å²) in [5, 5.41) is 3.01. The average molecular weight is 407 g/mol. The fourth-order valence-electron chi connectivity index (χ4n) is 3.48. The van der Waals surface area contributed by atoms with Gasteiger partial charge in [-0.1, -0.05) is 17.7 Å². The molecule has 2 rings (SSSR count). The zero-order chi connectivity index (χ0) is 21.7. The van der Waals surface area contributed by atoms with E-state index in [1.807, 2.05) is 19.1 Å². The normalized spacial score (nSPS) is 16.1. The summed E-state index contributed by atoms with van der Waals surface area (Å²) in [7, 11) is 3.22. The Balaban J connectivity index is 2.09. The van der Waals surface area contributed by atoms with E-state index in [-0.39, 0.29) is 17.9 Å². The number of hydrogen-bond acceptors (Lipinski definition) is 5. The Hall–Kier alpha value is -2.28. The number of amides is 2. The van der Waals surface area contributed by atoms with Gasteiger partial charge in [0.25, 0.3) is 0 Å². The van der Waals surface area contributed by atoms with Gasteiger partial charge in [0.15, 0.2) is 0 Å². The van der Waals surface area contributed by atoms with Crippen LogP contribution in [0.2, 0.25) is 0 Å². The van der Waals surface area contributed by atoms with Gasteiger partial charge in [-0.25, -0.2) is 4.79 Å². The lowest BCUT2D eigenvalue weighted by atomic mass is 9.73. The second-order valence-electron chi connectivity index (χ2n) is 8.71. The standard InChI is InChI=1S/C22H34N2O5/c1-16-7-8-18(27-6)17(13-16)22(9-11-28-12-10-22)15-23-19(25)14-24(5)20(26)29-21(2,3)4/h7-8,13H,9-12,14-15H2,1-6H3,(H,23,25). The third-order valence-corrected chi connectivity index (χ3v) is 5.09. The van der Waals surface area contributed by atoms with Crippen LogP contribution < -0.4 is 10.1 Å². The topological polar surface area (TPSA) is 77.1 Å². The van der Waals surface area contributed by atoms with E-state index >= 15 is 0 Å². The summed E-state index contributed by atoms with van der Waals surface area (Å²) in [6, 6.07) is 6.12. The summed E-state index contributed by atoms with van der Waals surface area (Å²) >= 11 is 0. The van der Waals surface area contributed by atoms with Gasteiger partial charge in [0.2, 0.25) is 5.91 Å². The molecule has 1 N–H and O–H groups in total. The average Bonchev–Trinajstić information content (AvgIpc) is 2.65. The molecule has 7 heteroatoms. The number of nitrogens with zero attached hydrogens (tertiary/aromatic N) is 1. The van der Waals surface area contributed by atoms with Gasteiger partial charge in [-0.05, 0) is 46.6 Å². The Labute approximate surface area is 173 Å². The predicted octanol–water partition coefficient (Wildman–Crippen LogP) is 3.03. The monoisotopic (exact) mass is 406 g/mol. The summed E-state index contributed by atoms with van der Waals surface area (Å²) in [4.78, 5) is 25.9. The van der Waals surface area contributed by atoms with Crippen molar-refractivity contribution in [3.8, 4) is 5.75 Å². The SMILES string of the molecule is COc1ccc(C)cc1C1(CNC(=O)CN(C)C(=O)OC(C)(C)C)CCOCC1. The lowest BCUT2D eigenvalue weighted by Crippen LogP contribution is -2.47. The minimum atomic E-state index is -0.601. The zero-order valence-electron chi connectivity index (χ0n) is 18.5. The van der Waals surface area contributed by atoms with E-state index < -0.39 is 11.7 Å². The van der Waals surface area contributed by atoms with Crippen molar-refractivity contribution in [2.45, 2.75) is 51.6 Å². The third kappa shape index (κ3) is 6.35. The van der Waals surface area contributed by atoms with Crippen LogP contribution in [0.1, 0.15) is 44.7 Å². The summed E-state index contributed by atoms with van der Waals surface area (Å²) in [5.41, 5.74) is 1.36.